The van der Waals surface area contributed by atoms with Gasteiger partial charge in [0.1, 0.15) is 4.90 Å². The summed E-state index contributed by atoms with van der Waals surface area (Å²) in [4.78, 5) is 13.1. The number of sulfonamides is 1. The molecule has 0 aliphatic carbocycles. The van der Waals surface area contributed by atoms with Crippen molar-refractivity contribution >= 4 is 15.8 Å². The Balaban J connectivity index is 2.59. The van der Waals surface area contributed by atoms with Crippen LogP contribution in [0.3, 0.4) is 0 Å². The number of aromatic nitrogens is 1. The standard InChI is InChI=1S/C10H16N4O4S/c1-2-5-11-6-7-13-19(17,18)9-3-4-10(12-8-9)14(15)16/h3-4,8,11,13H,2,5-7H2,1H3. The third kappa shape index (κ3) is 4.89. The molecule has 0 aromatic carbocycles. The van der Waals surface area contributed by atoms with Gasteiger partial charge in [-0.15, -0.1) is 0 Å². The van der Waals surface area contributed by atoms with Gasteiger partial charge < -0.3 is 15.4 Å². The van der Waals surface area contributed by atoms with Crippen molar-refractivity contribution in [2.45, 2.75) is 18.2 Å². The topological polar surface area (TPSA) is 114 Å². The van der Waals surface area contributed by atoms with Crippen LogP contribution >= 0.6 is 0 Å². The van der Waals surface area contributed by atoms with Crippen molar-refractivity contribution in [2.75, 3.05) is 19.6 Å². The lowest BCUT2D eigenvalue weighted by Gasteiger charge is -2.06. The van der Waals surface area contributed by atoms with Gasteiger partial charge in [0.2, 0.25) is 10.0 Å². The van der Waals surface area contributed by atoms with Crippen LogP contribution in [0.15, 0.2) is 23.2 Å². The molecule has 19 heavy (non-hydrogen) atoms. The van der Waals surface area contributed by atoms with Gasteiger partial charge in [-0.2, -0.15) is 0 Å². The van der Waals surface area contributed by atoms with Crippen molar-refractivity contribution in [3.8, 4) is 0 Å². The molecule has 0 aliphatic rings. The highest BCUT2D eigenvalue weighted by molar-refractivity contribution is 7.89. The van der Waals surface area contributed by atoms with E-state index in [0.29, 0.717) is 6.54 Å². The minimum atomic E-state index is -3.67. The zero-order chi connectivity index (χ0) is 14.3. The predicted molar refractivity (Wildman–Crippen MR) is 69.2 cm³/mol. The molecule has 0 fully saturated rings. The number of nitrogens with zero attached hydrogens (tertiary/aromatic N) is 2. The number of hydrogen-bond donors (Lipinski definition) is 2. The van der Waals surface area contributed by atoms with Crippen LogP contribution in [0.5, 0.6) is 0 Å². The van der Waals surface area contributed by atoms with E-state index in [2.05, 4.69) is 15.0 Å². The molecule has 106 valence electrons. The van der Waals surface area contributed by atoms with Gasteiger partial charge in [-0.25, -0.2) is 13.1 Å². The van der Waals surface area contributed by atoms with Gasteiger partial charge in [-0.1, -0.05) is 6.92 Å². The molecule has 0 unspecified atom stereocenters. The molecule has 9 heteroatoms. The Kier molecular flexibility index (Phi) is 5.80. The molecular formula is C10H16N4O4S. The summed E-state index contributed by atoms with van der Waals surface area (Å²) in [5.41, 5.74) is 0. The van der Waals surface area contributed by atoms with E-state index in [-0.39, 0.29) is 17.3 Å². The summed E-state index contributed by atoms with van der Waals surface area (Å²) < 4.78 is 26.0. The Morgan fingerprint density at radius 3 is 2.58 bits per heavy atom. The number of nitro groups is 1. The lowest BCUT2D eigenvalue weighted by Crippen LogP contribution is -2.32. The second-order valence-corrected chi connectivity index (χ2v) is 5.52. The number of hydrogen-bond acceptors (Lipinski definition) is 6. The fourth-order valence-electron chi connectivity index (χ4n) is 1.30. The van der Waals surface area contributed by atoms with Crippen LogP contribution in [-0.4, -0.2) is 38.0 Å². The van der Waals surface area contributed by atoms with Crippen LogP contribution in [0.2, 0.25) is 0 Å². The van der Waals surface area contributed by atoms with Crippen molar-refractivity contribution in [3.63, 3.8) is 0 Å². The number of nitrogens with one attached hydrogen (secondary N) is 2. The smallest absolute Gasteiger partial charge is 0.358 e. The largest absolute Gasteiger partial charge is 0.363 e. The van der Waals surface area contributed by atoms with E-state index in [9.17, 15) is 18.5 Å². The molecule has 1 aromatic heterocycles. The molecule has 0 aliphatic heterocycles. The van der Waals surface area contributed by atoms with E-state index in [0.717, 1.165) is 31.3 Å². The Morgan fingerprint density at radius 2 is 2.05 bits per heavy atom. The third-order valence-electron chi connectivity index (χ3n) is 2.24. The molecule has 8 nitrogen and oxygen atoms in total. The SMILES string of the molecule is CCCNCCNS(=O)(=O)c1ccc([N+](=O)[O-])nc1. The molecule has 1 aromatic rings. The predicted octanol–water partition coefficient (Wildman–Crippen LogP) is 0.268. The maximum Gasteiger partial charge on any atom is 0.363 e. The van der Waals surface area contributed by atoms with Crippen molar-refractivity contribution in [2.24, 2.45) is 0 Å². The van der Waals surface area contributed by atoms with E-state index in [4.69, 9.17) is 0 Å². The quantitative estimate of drug-likeness (QED) is 0.403. The molecule has 0 spiro atoms. The highest BCUT2D eigenvalue weighted by Gasteiger charge is 2.17. The number of rotatable bonds is 8. The third-order valence-corrected chi connectivity index (χ3v) is 3.68. The summed E-state index contributed by atoms with van der Waals surface area (Å²) in [5, 5.41) is 13.5. The van der Waals surface area contributed by atoms with Crippen molar-refractivity contribution < 1.29 is 13.3 Å². The average molecular weight is 288 g/mol. The molecule has 0 saturated heterocycles. The van der Waals surface area contributed by atoms with Gasteiger partial charge in [-0.3, -0.25) is 0 Å². The Labute approximate surface area is 111 Å². The number of pyridine rings is 1. The van der Waals surface area contributed by atoms with Gasteiger partial charge >= 0.3 is 5.82 Å². The molecule has 0 atom stereocenters. The molecule has 0 amide bonds. The van der Waals surface area contributed by atoms with Crippen LogP contribution < -0.4 is 10.0 Å². The Hall–Kier alpha value is -1.58. The summed E-state index contributed by atoms with van der Waals surface area (Å²) in [7, 11) is -3.67. The highest BCUT2D eigenvalue weighted by atomic mass is 32.2. The normalized spacial score (nSPS) is 11.4. The lowest BCUT2D eigenvalue weighted by molar-refractivity contribution is -0.389. The molecule has 1 heterocycles. The molecule has 0 bridgehead atoms. The summed E-state index contributed by atoms with van der Waals surface area (Å²) in [6.45, 7) is 3.60. The first-order valence-electron chi connectivity index (χ1n) is 5.78. The molecule has 1 rings (SSSR count). The van der Waals surface area contributed by atoms with Crippen LogP contribution in [0.4, 0.5) is 5.82 Å². The van der Waals surface area contributed by atoms with E-state index in [1.54, 1.807) is 0 Å². The minimum Gasteiger partial charge on any atom is -0.358 e. The second kappa shape index (κ2) is 7.12. The van der Waals surface area contributed by atoms with Gasteiger partial charge in [-0.05, 0) is 28.9 Å². The van der Waals surface area contributed by atoms with Crippen molar-refractivity contribution in [1.82, 2.24) is 15.0 Å². The van der Waals surface area contributed by atoms with E-state index in [1.165, 1.54) is 0 Å². The van der Waals surface area contributed by atoms with Crippen LogP contribution in [0.1, 0.15) is 13.3 Å². The summed E-state index contributed by atoms with van der Waals surface area (Å²) >= 11 is 0. The molecule has 2 N–H and O–H groups in total. The van der Waals surface area contributed by atoms with Crippen LogP contribution in [0.25, 0.3) is 0 Å². The monoisotopic (exact) mass is 288 g/mol. The fraction of sp³-hybridized carbons (Fsp3) is 0.500. The zero-order valence-corrected chi connectivity index (χ0v) is 11.3. The summed E-state index contributed by atoms with van der Waals surface area (Å²) in [5.74, 6) is -0.386. The van der Waals surface area contributed by atoms with Crippen LogP contribution in [-0.2, 0) is 10.0 Å². The average Bonchev–Trinajstić information content (AvgIpc) is 2.38. The maximum atomic E-state index is 11.8. The highest BCUT2D eigenvalue weighted by Crippen LogP contribution is 2.11. The molecule has 0 radical (unpaired) electrons. The Bertz CT molecular complexity index is 515. The van der Waals surface area contributed by atoms with Gasteiger partial charge in [0.15, 0.2) is 6.20 Å². The van der Waals surface area contributed by atoms with E-state index >= 15 is 0 Å². The zero-order valence-electron chi connectivity index (χ0n) is 10.5. The van der Waals surface area contributed by atoms with Gasteiger partial charge in [0.05, 0.1) is 0 Å². The molecular weight excluding hydrogens is 272 g/mol. The molecule has 0 saturated carbocycles. The minimum absolute atomic E-state index is 0.0893. The lowest BCUT2D eigenvalue weighted by atomic mass is 10.5. The van der Waals surface area contributed by atoms with Crippen LogP contribution in [0, 0.1) is 10.1 Å². The maximum absolute atomic E-state index is 11.8. The Morgan fingerprint density at radius 1 is 1.32 bits per heavy atom. The van der Waals surface area contributed by atoms with E-state index < -0.39 is 14.9 Å². The second-order valence-electron chi connectivity index (χ2n) is 3.76. The first-order chi connectivity index (χ1) is 8.97. The first kappa shape index (κ1) is 15.5. The van der Waals surface area contributed by atoms with E-state index in [1.807, 2.05) is 6.92 Å². The van der Waals surface area contributed by atoms with Gasteiger partial charge in [0.25, 0.3) is 0 Å². The first-order valence-corrected chi connectivity index (χ1v) is 7.26. The summed E-state index contributed by atoms with van der Waals surface area (Å²) in [6, 6.07) is 2.22. The van der Waals surface area contributed by atoms with Crippen molar-refractivity contribution in [3.05, 3.63) is 28.4 Å². The van der Waals surface area contributed by atoms with Gasteiger partial charge in [0, 0.05) is 19.2 Å². The summed E-state index contributed by atoms with van der Waals surface area (Å²) in [6.07, 6.45) is 1.94. The van der Waals surface area contributed by atoms with Crippen molar-refractivity contribution in [1.29, 1.82) is 0 Å². The fourth-order valence-corrected chi connectivity index (χ4v) is 2.27.